The Kier molecular flexibility index (Phi) is 5.51. The van der Waals surface area contributed by atoms with Crippen LogP contribution in [0.1, 0.15) is 16.7 Å². The molecule has 0 bridgehead atoms. The molecule has 2 aromatic carbocycles. The Morgan fingerprint density at radius 3 is 2.07 bits per heavy atom. The number of aromatic nitrogens is 2. The number of sulfonamides is 1. The molecule has 0 atom stereocenters. The van der Waals surface area contributed by atoms with E-state index in [0.29, 0.717) is 11.6 Å². The maximum atomic E-state index is 12.6. The lowest BCUT2D eigenvalue weighted by molar-refractivity contribution is 0.411. The Morgan fingerprint density at radius 1 is 0.857 bits per heavy atom. The monoisotopic (exact) mass is 398 g/mol. The fourth-order valence-corrected chi connectivity index (χ4v) is 3.89. The second-order valence-corrected chi connectivity index (χ2v) is 8.11. The minimum Gasteiger partial charge on any atom is -0.496 e. The highest BCUT2D eigenvalue weighted by Gasteiger charge is 2.16. The molecule has 146 valence electrons. The summed E-state index contributed by atoms with van der Waals surface area (Å²) in [7, 11) is -2.23. The molecule has 2 N–H and O–H groups in total. The number of rotatable bonds is 6. The highest BCUT2D eigenvalue weighted by atomic mass is 32.2. The molecule has 0 fully saturated rings. The number of anilines is 3. The van der Waals surface area contributed by atoms with Crippen LogP contribution in [0, 0.1) is 20.8 Å². The van der Waals surface area contributed by atoms with Crippen LogP contribution in [0.2, 0.25) is 0 Å². The first-order valence-corrected chi connectivity index (χ1v) is 10.1. The number of para-hydroxylation sites is 1. The third kappa shape index (κ3) is 4.23. The zero-order valence-electron chi connectivity index (χ0n) is 16.1. The Hall–Kier alpha value is -3.13. The van der Waals surface area contributed by atoms with Crippen molar-refractivity contribution in [2.75, 3.05) is 17.1 Å². The maximum absolute atomic E-state index is 12.6. The summed E-state index contributed by atoms with van der Waals surface area (Å²) < 4.78 is 32.8. The number of nitrogens with zero attached hydrogens (tertiary/aromatic N) is 2. The van der Waals surface area contributed by atoms with E-state index in [4.69, 9.17) is 4.74 Å². The molecule has 0 aliphatic rings. The molecule has 28 heavy (non-hydrogen) atoms. The molecule has 3 rings (SSSR count). The molecule has 0 aliphatic carbocycles. The largest absolute Gasteiger partial charge is 0.496 e. The molecule has 3 aromatic rings. The molecule has 0 saturated carbocycles. The van der Waals surface area contributed by atoms with Crippen LogP contribution < -0.4 is 14.8 Å². The van der Waals surface area contributed by atoms with Crippen molar-refractivity contribution in [2.45, 2.75) is 25.7 Å². The molecule has 8 heteroatoms. The lowest BCUT2D eigenvalue weighted by atomic mass is 10.1. The van der Waals surface area contributed by atoms with Gasteiger partial charge in [-0.1, -0.05) is 18.2 Å². The summed E-state index contributed by atoms with van der Waals surface area (Å²) in [6.07, 6.45) is 0. The number of nitrogens with one attached hydrogen (secondary N) is 2. The van der Waals surface area contributed by atoms with E-state index in [0.717, 1.165) is 22.4 Å². The molecule has 0 radical (unpaired) electrons. The van der Waals surface area contributed by atoms with Gasteiger partial charge in [0.2, 0.25) is 0 Å². The minimum absolute atomic E-state index is 0.130. The molecule has 0 aliphatic heterocycles. The third-order valence-corrected chi connectivity index (χ3v) is 5.67. The minimum atomic E-state index is -3.77. The molecular weight excluding hydrogens is 376 g/mol. The van der Waals surface area contributed by atoms with Gasteiger partial charge in [0.15, 0.2) is 11.6 Å². The summed E-state index contributed by atoms with van der Waals surface area (Å²) in [5.41, 5.74) is 3.85. The number of methoxy groups -OCH3 is 1. The van der Waals surface area contributed by atoms with Crippen LogP contribution in [0.4, 0.5) is 17.3 Å². The summed E-state index contributed by atoms with van der Waals surface area (Å²) in [5, 5.41) is 11.3. The quantitative estimate of drug-likeness (QED) is 0.653. The van der Waals surface area contributed by atoms with Crippen LogP contribution in [0.3, 0.4) is 0 Å². The molecular formula is C20H22N4O3S. The summed E-state index contributed by atoms with van der Waals surface area (Å²) >= 11 is 0. The summed E-state index contributed by atoms with van der Waals surface area (Å²) in [6, 6.07) is 13.9. The van der Waals surface area contributed by atoms with Crippen molar-refractivity contribution in [3.63, 3.8) is 0 Å². The van der Waals surface area contributed by atoms with Gasteiger partial charge in [0.05, 0.1) is 12.0 Å². The van der Waals surface area contributed by atoms with Crippen LogP contribution in [0.15, 0.2) is 53.4 Å². The fourth-order valence-electron chi connectivity index (χ4n) is 2.81. The Bertz CT molecular complexity index is 1080. The standard InChI is InChI=1S/C20H22N4O3S/c1-13-6-5-7-14(2)20(13)21-18-10-11-19(23-22-18)24-28(25,26)16-8-9-17(27-4)15(3)12-16/h5-12H,1-4H3,(H,21,22)(H,23,24). The van der Waals surface area contributed by atoms with Gasteiger partial charge in [-0.2, -0.15) is 0 Å². The van der Waals surface area contributed by atoms with Crippen molar-refractivity contribution in [1.82, 2.24) is 10.2 Å². The number of hydrogen-bond acceptors (Lipinski definition) is 6. The van der Waals surface area contributed by atoms with Crippen LogP contribution >= 0.6 is 0 Å². The van der Waals surface area contributed by atoms with E-state index in [9.17, 15) is 8.42 Å². The molecule has 1 heterocycles. The van der Waals surface area contributed by atoms with Gasteiger partial charge in [-0.3, -0.25) is 4.72 Å². The van der Waals surface area contributed by atoms with E-state index >= 15 is 0 Å². The van der Waals surface area contributed by atoms with Crippen molar-refractivity contribution in [3.05, 3.63) is 65.2 Å². The van der Waals surface area contributed by atoms with Gasteiger partial charge in [-0.15, -0.1) is 10.2 Å². The summed E-state index contributed by atoms with van der Waals surface area (Å²) in [5.74, 6) is 1.29. The molecule has 0 unspecified atom stereocenters. The molecule has 7 nitrogen and oxygen atoms in total. The van der Waals surface area contributed by atoms with Crippen molar-refractivity contribution in [3.8, 4) is 5.75 Å². The Morgan fingerprint density at radius 2 is 1.50 bits per heavy atom. The SMILES string of the molecule is COc1ccc(S(=O)(=O)Nc2ccc(Nc3c(C)cccc3C)nn2)cc1C. The van der Waals surface area contributed by atoms with Gasteiger partial charge in [-0.25, -0.2) is 8.42 Å². The van der Waals surface area contributed by atoms with E-state index in [1.54, 1.807) is 38.3 Å². The molecule has 0 spiro atoms. The lowest BCUT2D eigenvalue weighted by Gasteiger charge is -2.12. The highest BCUT2D eigenvalue weighted by Crippen LogP contribution is 2.25. The average Bonchev–Trinajstić information content (AvgIpc) is 2.66. The van der Waals surface area contributed by atoms with E-state index in [-0.39, 0.29) is 10.7 Å². The van der Waals surface area contributed by atoms with Crippen LogP contribution in [0.5, 0.6) is 5.75 Å². The second kappa shape index (κ2) is 7.85. The third-order valence-electron chi connectivity index (χ3n) is 4.31. The van der Waals surface area contributed by atoms with Crippen LogP contribution in [-0.4, -0.2) is 25.7 Å². The average molecular weight is 398 g/mol. The van der Waals surface area contributed by atoms with E-state index in [2.05, 4.69) is 20.2 Å². The van der Waals surface area contributed by atoms with Gasteiger partial charge in [0.25, 0.3) is 10.0 Å². The summed E-state index contributed by atoms with van der Waals surface area (Å²) in [6.45, 7) is 5.79. The van der Waals surface area contributed by atoms with Crippen molar-refractivity contribution in [1.29, 1.82) is 0 Å². The zero-order valence-corrected chi connectivity index (χ0v) is 17.0. The lowest BCUT2D eigenvalue weighted by Crippen LogP contribution is -2.14. The van der Waals surface area contributed by atoms with Gasteiger partial charge in [0, 0.05) is 5.69 Å². The van der Waals surface area contributed by atoms with E-state index in [1.807, 2.05) is 32.0 Å². The smallest absolute Gasteiger partial charge is 0.263 e. The van der Waals surface area contributed by atoms with Crippen molar-refractivity contribution >= 4 is 27.3 Å². The molecule has 1 aromatic heterocycles. The van der Waals surface area contributed by atoms with Gasteiger partial charge >= 0.3 is 0 Å². The van der Waals surface area contributed by atoms with E-state index in [1.165, 1.54) is 6.07 Å². The van der Waals surface area contributed by atoms with Crippen molar-refractivity contribution in [2.24, 2.45) is 0 Å². The topological polar surface area (TPSA) is 93.2 Å². The second-order valence-electron chi connectivity index (χ2n) is 6.43. The number of benzene rings is 2. The van der Waals surface area contributed by atoms with E-state index < -0.39 is 10.0 Å². The predicted octanol–water partition coefficient (Wildman–Crippen LogP) is 3.95. The number of ether oxygens (including phenoxy) is 1. The first-order valence-electron chi connectivity index (χ1n) is 8.64. The summed E-state index contributed by atoms with van der Waals surface area (Å²) in [4.78, 5) is 0.130. The fraction of sp³-hybridized carbons (Fsp3) is 0.200. The Labute approximate surface area is 164 Å². The first-order chi connectivity index (χ1) is 13.3. The normalized spacial score (nSPS) is 11.1. The van der Waals surface area contributed by atoms with Gasteiger partial charge in [-0.05, 0) is 67.8 Å². The Balaban J connectivity index is 1.77. The highest BCUT2D eigenvalue weighted by molar-refractivity contribution is 7.92. The predicted molar refractivity (Wildman–Crippen MR) is 110 cm³/mol. The van der Waals surface area contributed by atoms with Crippen LogP contribution in [0.25, 0.3) is 0 Å². The van der Waals surface area contributed by atoms with Gasteiger partial charge in [0.1, 0.15) is 5.75 Å². The molecule has 0 amide bonds. The first kappa shape index (κ1) is 19.6. The van der Waals surface area contributed by atoms with Crippen LogP contribution in [-0.2, 0) is 10.0 Å². The maximum Gasteiger partial charge on any atom is 0.263 e. The number of aryl methyl sites for hydroxylation is 3. The molecule has 0 saturated heterocycles. The van der Waals surface area contributed by atoms with Crippen molar-refractivity contribution < 1.29 is 13.2 Å². The zero-order chi connectivity index (χ0) is 20.3. The number of hydrogen-bond donors (Lipinski definition) is 2. The van der Waals surface area contributed by atoms with Gasteiger partial charge < -0.3 is 10.1 Å².